The molecule has 0 atom stereocenters. The smallest absolute Gasteiger partial charge is 0.169 e. The van der Waals surface area contributed by atoms with Crippen LogP contribution in [0.4, 0.5) is 0 Å². The maximum atomic E-state index is 5.46. The lowest BCUT2D eigenvalue weighted by molar-refractivity contribution is 0.139. The van der Waals surface area contributed by atoms with Crippen molar-refractivity contribution in [1.82, 2.24) is 4.90 Å². The molecule has 1 aromatic rings. The lowest BCUT2D eigenvalue weighted by Gasteiger charge is -2.16. The zero-order valence-electron chi connectivity index (χ0n) is 8.04. The lowest BCUT2D eigenvalue weighted by atomic mass is 10.3. The van der Waals surface area contributed by atoms with E-state index in [-0.39, 0.29) is 0 Å². The molecule has 1 saturated heterocycles. The van der Waals surface area contributed by atoms with Gasteiger partial charge in [0.2, 0.25) is 0 Å². The molecule has 14 heavy (non-hydrogen) atoms. The average Bonchev–Trinajstić information content (AvgIpc) is 2.43. The van der Waals surface area contributed by atoms with Crippen LogP contribution < -0.4 is 0 Å². The Bertz CT molecular complexity index is 279. The molecule has 1 aromatic heterocycles. The zero-order valence-corrected chi connectivity index (χ0v) is 9.63. The highest BCUT2D eigenvalue weighted by Crippen LogP contribution is 2.16. The minimum absolute atomic E-state index is 0.804. The van der Waals surface area contributed by atoms with Crippen LogP contribution in [0.15, 0.2) is 21.2 Å². The fourth-order valence-electron chi connectivity index (χ4n) is 1.61. The van der Waals surface area contributed by atoms with Crippen LogP contribution in [0.2, 0.25) is 0 Å². The second-order valence-corrected chi connectivity index (χ2v) is 4.23. The van der Waals surface area contributed by atoms with E-state index in [1.165, 1.54) is 0 Å². The number of hydrogen-bond acceptors (Lipinski definition) is 3. The van der Waals surface area contributed by atoms with Gasteiger partial charge in [-0.05, 0) is 34.5 Å². The number of ether oxygens (including phenoxy) is 1. The lowest BCUT2D eigenvalue weighted by Crippen LogP contribution is -2.25. The first kappa shape index (κ1) is 10.2. The van der Waals surface area contributed by atoms with Gasteiger partial charge in [-0.3, -0.25) is 4.90 Å². The Balaban J connectivity index is 1.89. The Morgan fingerprint density at radius 3 is 3.00 bits per heavy atom. The standard InChI is InChI=1S/C10H14BrNO2/c11-10-3-2-9(14-10)8-12-4-1-6-13-7-5-12/h2-3H,1,4-8H2. The maximum Gasteiger partial charge on any atom is 0.169 e. The van der Waals surface area contributed by atoms with E-state index < -0.39 is 0 Å². The quantitative estimate of drug-likeness (QED) is 0.815. The molecule has 0 unspecified atom stereocenters. The van der Waals surface area contributed by atoms with E-state index in [0.717, 1.165) is 49.7 Å². The largest absolute Gasteiger partial charge is 0.453 e. The minimum Gasteiger partial charge on any atom is -0.453 e. The van der Waals surface area contributed by atoms with Crippen LogP contribution in [0.1, 0.15) is 12.2 Å². The average molecular weight is 260 g/mol. The Hall–Kier alpha value is -0.320. The summed E-state index contributed by atoms with van der Waals surface area (Å²) in [6, 6.07) is 3.94. The summed E-state index contributed by atoms with van der Waals surface area (Å²) in [7, 11) is 0. The van der Waals surface area contributed by atoms with E-state index in [9.17, 15) is 0 Å². The number of nitrogens with zero attached hydrogens (tertiary/aromatic N) is 1. The molecule has 0 bridgehead atoms. The van der Waals surface area contributed by atoms with E-state index in [1.54, 1.807) is 0 Å². The third-order valence-corrected chi connectivity index (χ3v) is 2.75. The van der Waals surface area contributed by atoms with E-state index in [0.29, 0.717) is 0 Å². The third kappa shape index (κ3) is 2.83. The van der Waals surface area contributed by atoms with Gasteiger partial charge in [-0.25, -0.2) is 0 Å². The third-order valence-electron chi connectivity index (χ3n) is 2.32. The number of halogens is 1. The Morgan fingerprint density at radius 1 is 1.29 bits per heavy atom. The van der Waals surface area contributed by atoms with Gasteiger partial charge < -0.3 is 9.15 Å². The first-order valence-electron chi connectivity index (χ1n) is 4.89. The van der Waals surface area contributed by atoms with Crippen molar-refractivity contribution in [2.75, 3.05) is 26.3 Å². The maximum absolute atomic E-state index is 5.46. The SMILES string of the molecule is Brc1ccc(CN2CCCOCC2)o1. The summed E-state index contributed by atoms with van der Waals surface area (Å²) < 4.78 is 11.7. The van der Waals surface area contributed by atoms with Crippen LogP contribution in [0.3, 0.4) is 0 Å². The normalized spacial score (nSPS) is 19.5. The number of furan rings is 1. The molecular formula is C10H14BrNO2. The molecular weight excluding hydrogens is 246 g/mol. The summed E-state index contributed by atoms with van der Waals surface area (Å²) in [6.45, 7) is 4.70. The topological polar surface area (TPSA) is 25.6 Å². The Labute approximate surface area is 92.2 Å². The summed E-state index contributed by atoms with van der Waals surface area (Å²) >= 11 is 3.30. The van der Waals surface area contributed by atoms with Crippen molar-refractivity contribution in [2.24, 2.45) is 0 Å². The molecule has 1 aliphatic rings. The van der Waals surface area contributed by atoms with Crippen LogP contribution in [-0.4, -0.2) is 31.2 Å². The van der Waals surface area contributed by atoms with E-state index in [1.807, 2.05) is 12.1 Å². The van der Waals surface area contributed by atoms with Crippen molar-refractivity contribution in [1.29, 1.82) is 0 Å². The van der Waals surface area contributed by atoms with Crippen LogP contribution >= 0.6 is 15.9 Å². The molecule has 1 fully saturated rings. The molecule has 1 aliphatic heterocycles. The molecule has 2 rings (SSSR count). The van der Waals surface area contributed by atoms with E-state index >= 15 is 0 Å². The van der Waals surface area contributed by atoms with Crippen molar-refractivity contribution in [3.8, 4) is 0 Å². The van der Waals surface area contributed by atoms with E-state index in [4.69, 9.17) is 9.15 Å². The fourth-order valence-corrected chi connectivity index (χ4v) is 1.95. The molecule has 3 nitrogen and oxygen atoms in total. The monoisotopic (exact) mass is 259 g/mol. The summed E-state index contributed by atoms with van der Waals surface area (Å²) in [5.41, 5.74) is 0. The van der Waals surface area contributed by atoms with Gasteiger partial charge in [0.05, 0.1) is 13.2 Å². The van der Waals surface area contributed by atoms with Gasteiger partial charge >= 0.3 is 0 Å². The summed E-state index contributed by atoms with van der Waals surface area (Å²) in [5.74, 6) is 1.01. The molecule has 0 N–H and O–H groups in total. The highest BCUT2D eigenvalue weighted by Gasteiger charge is 2.11. The van der Waals surface area contributed by atoms with E-state index in [2.05, 4.69) is 20.8 Å². The van der Waals surface area contributed by atoms with Crippen LogP contribution in [0.5, 0.6) is 0 Å². The molecule has 0 aliphatic carbocycles. The van der Waals surface area contributed by atoms with Gasteiger partial charge in [0.15, 0.2) is 4.67 Å². The van der Waals surface area contributed by atoms with Gasteiger partial charge in [-0.2, -0.15) is 0 Å². The molecule has 2 heterocycles. The first-order chi connectivity index (χ1) is 6.84. The fraction of sp³-hybridized carbons (Fsp3) is 0.600. The predicted molar refractivity (Wildman–Crippen MR) is 57.1 cm³/mol. The molecule has 0 aromatic carbocycles. The highest BCUT2D eigenvalue weighted by molar-refractivity contribution is 9.10. The summed E-state index contributed by atoms with van der Waals surface area (Å²) in [4.78, 5) is 2.36. The van der Waals surface area contributed by atoms with Crippen molar-refractivity contribution in [3.63, 3.8) is 0 Å². The van der Waals surface area contributed by atoms with Crippen molar-refractivity contribution < 1.29 is 9.15 Å². The summed E-state index contributed by atoms with van der Waals surface area (Å²) in [6.07, 6.45) is 1.11. The molecule has 0 amide bonds. The number of rotatable bonds is 2. The second kappa shape index (κ2) is 4.96. The van der Waals surface area contributed by atoms with Gasteiger partial charge in [0.1, 0.15) is 5.76 Å². The first-order valence-corrected chi connectivity index (χ1v) is 5.68. The molecule has 0 saturated carbocycles. The van der Waals surface area contributed by atoms with Crippen LogP contribution in [0.25, 0.3) is 0 Å². The summed E-state index contributed by atoms with van der Waals surface area (Å²) in [5, 5.41) is 0. The zero-order chi connectivity index (χ0) is 9.80. The van der Waals surface area contributed by atoms with Crippen molar-refractivity contribution in [3.05, 3.63) is 22.6 Å². The predicted octanol–water partition coefficient (Wildman–Crippen LogP) is 2.26. The Morgan fingerprint density at radius 2 is 2.21 bits per heavy atom. The molecule has 0 radical (unpaired) electrons. The molecule has 78 valence electrons. The second-order valence-electron chi connectivity index (χ2n) is 3.45. The number of hydrogen-bond donors (Lipinski definition) is 0. The Kier molecular flexibility index (Phi) is 3.61. The molecule has 4 heteroatoms. The van der Waals surface area contributed by atoms with Crippen molar-refractivity contribution >= 4 is 15.9 Å². The highest BCUT2D eigenvalue weighted by atomic mass is 79.9. The van der Waals surface area contributed by atoms with Crippen LogP contribution in [0, 0.1) is 0 Å². The minimum atomic E-state index is 0.804. The van der Waals surface area contributed by atoms with Gasteiger partial charge in [-0.15, -0.1) is 0 Å². The van der Waals surface area contributed by atoms with Crippen LogP contribution in [-0.2, 0) is 11.3 Å². The van der Waals surface area contributed by atoms with Crippen molar-refractivity contribution in [2.45, 2.75) is 13.0 Å². The van der Waals surface area contributed by atoms with Gasteiger partial charge in [-0.1, -0.05) is 0 Å². The van der Waals surface area contributed by atoms with Gasteiger partial charge in [0, 0.05) is 19.7 Å². The van der Waals surface area contributed by atoms with Gasteiger partial charge in [0.25, 0.3) is 0 Å². The molecule has 0 spiro atoms.